The largest absolute Gasteiger partial charge is 0.497 e. The Balaban J connectivity index is 1.57. The number of benzene rings is 3. The molecule has 1 aliphatic carbocycles. The molecule has 4 atom stereocenters. The predicted molar refractivity (Wildman–Crippen MR) is 184 cm³/mol. The lowest BCUT2D eigenvalue weighted by atomic mass is 9.79. The van der Waals surface area contributed by atoms with Gasteiger partial charge >= 0.3 is 0 Å². The summed E-state index contributed by atoms with van der Waals surface area (Å²) in [6.07, 6.45) is 2.65. The second kappa shape index (κ2) is 13.9. The molecule has 244 valence electrons. The highest BCUT2D eigenvalue weighted by atomic mass is 28.4. The molecule has 8 nitrogen and oxygen atoms in total. The molecule has 46 heavy (non-hydrogen) atoms. The molecule has 4 aromatic rings. The molecule has 1 aromatic heterocycles. The normalized spacial score (nSPS) is 20.3. The van der Waals surface area contributed by atoms with Crippen LogP contribution in [0, 0.1) is 5.92 Å². The van der Waals surface area contributed by atoms with Crippen molar-refractivity contribution in [2.24, 2.45) is 5.92 Å². The zero-order valence-corrected chi connectivity index (χ0v) is 28.9. The Morgan fingerprint density at radius 1 is 0.826 bits per heavy atom. The summed E-state index contributed by atoms with van der Waals surface area (Å²) in [6.45, 7) is 11.5. The fourth-order valence-corrected chi connectivity index (χ4v) is 7.34. The van der Waals surface area contributed by atoms with Crippen LogP contribution in [0.4, 0.5) is 5.82 Å². The molecule has 0 radical (unpaired) electrons. The lowest BCUT2D eigenvalue weighted by Gasteiger charge is -2.41. The third-order valence-electron chi connectivity index (χ3n) is 9.61. The highest BCUT2D eigenvalue weighted by molar-refractivity contribution is 6.74. The highest BCUT2D eigenvalue weighted by Gasteiger charge is 2.50. The number of rotatable bonds is 12. The zero-order valence-electron chi connectivity index (χ0n) is 27.9. The van der Waals surface area contributed by atoms with Gasteiger partial charge in [0.25, 0.3) is 0 Å². The number of anilines is 1. The van der Waals surface area contributed by atoms with Crippen molar-refractivity contribution in [2.75, 3.05) is 26.1 Å². The minimum Gasteiger partial charge on any atom is -0.497 e. The van der Waals surface area contributed by atoms with Crippen molar-refractivity contribution in [1.29, 1.82) is 0 Å². The Morgan fingerprint density at radius 2 is 1.39 bits per heavy atom. The van der Waals surface area contributed by atoms with Crippen molar-refractivity contribution in [3.05, 3.63) is 114 Å². The number of ether oxygens (including phenoxy) is 3. The van der Waals surface area contributed by atoms with Crippen LogP contribution in [0.15, 0.2) is 97.5 Å². The summed E-state index contributed by atoms with van der Waals surface area (Å²) in [5, 5.41) is 15.2. The molecule has 3 aromatic carbocycles. The van der Waals surface area contributed by atoms with E-state index in [1.165, 1.54) is 6.33 Å². The second-order valence-corrected chi connectivity index (χ2v) is 18.2. The van der Waals surface area contributed by atoms with Gasteiger partial charge in [0.05, 0.1) is 39.1 Å². The number of aliphatic hydroxyl groups is 1. The number of nitrogens with zero attached hydrogens (tertiary/aromatic N) is 2. The van der Waals surface area contributed by atoms with Crippen molar-refractivity contribution >= 4 is 14.1 Å². The first-order valence-electron chi connectivity index (χ1n) is 15.9. The van der Waals surface area contributed by atoms with E-state index in [0.717, 1.165) is 28.2 Å². The van der Waals surface area contributed by atoms with E-state index >= 15 is 0 Å². The maximum Gasteiger partial charge on any atom is 0.192 e. The number of nitrogens with one attached hydrogen (secondary N) is 1. The molecule has 9 heteroatoms. The number of hydrogen-bond acceptors (Lipinski definition) is 8. The van der Waals surface area contributed by atoms with Crippen molar-refractivity contribution < 1.29 is 23.7 Å². The van der Waals surface area contributed by atoms with Gasteiger partial charge in [0.15, 0.2) is 8.32 Å². The van der Waals surface area contributed by atoms with E-state index in [-0.39, 0.29) is 17.0 Å². The van der Waals surface area contributed by atoms with E-state index in [4.69, 9.17) is 18.6 Å². The molecule has 0 aliphatic heterocycles. The fraction of sp³-hybridized carbons (Fsp3) is 0.405. The van der Waals surface area contributed by atoms with Crippen LogP contribution >= 0.6 is 0 Å². The average Bonchev–Trinajstić information content (AvgIpc) is 3.34. The predicted octanol–water partition coefficient (Wildman–Crippen LogP) is 7.05. The molecule has 0 amide bonds. The van der Waals surface area contributed by atoms with Gasteiger partial charge < -0.3 is 29.1 Å². The van der Waals surface area contributed by atoms with Crippen LogP contribution in [-0.2, 0) is 14.8 Å². The van der Waals surface area contributed by atoms with Gasteiger partial charge in [0, 0.05) is 12.1 Å². The summed E-state index contributed by atoms with van der Waals surface area (Å²) in [5.74, 6) is 2.09. The van der Waals surface area contributed by atoms with E-state index < -0.39 is 26.1 Å². The number of aliphatic hydroxyl groups excluding tert-OH is 1. The monoisotopic (exact) mass is 641 g/mol. The Labute approximate surface area is 274 Å². The maximum absolute atomic E-state index is 11.8. The maximum atomic E-state index is 11.8. The molecule has 0 unspecified atom stereocenters. The van der Waals surface area contributed by atoms with Crippen LogP contribution in [0.1, 0.15) is 43.9 Å². The van der Waals surface area contributed by atoms with Crippen molar-refractivity contribution in [2.45, 2.75) is 69.2 Å². The van der Waals surface area contributed by atoms with Crippen LogP contribution in [0.3, 0.4) is 0 Å². The fourth-order valence-electron chi connectivity index (χ4n) is 5.97. The first kappa shape index (κ1) is 33.6. The first-order chi connectivity index (χ1) is 22.0. The summed E-state index contributed by atoms with van der Waals surface area (Å²) in [6, 6.07) is 27.9. The summed E-state index contributed by atoms with van der Waals surface area (Å²) in [5.41, 5.74) is 1.94. The summed E-state index contributed by atoms with van der Waals surface area (Å²) >= 11 is 0. The van der Waals surface area contributed by atoms with E-state index in [2.05, 4.69) is 85.5 Å². The Morgan fingerprint density at radius 3 is 1.89 bits per heavy atom. The molecule has 1 heterocycles. The Hall–Kier alpha value is -3.76. The standard InChI is InChI=1S/C37H47N3O5Si/c1-36(2,3)46(6,7)45-35-26(23-32(34(35)41)40-33-21-22-38-25-39-33)24-44-37(27-11-9-8-10-12-27,28-13-17-30(42-4)18-14-28)29-15-19-31(43-5)20-16-29/h8-22,25-26,32,34-35,41H,23-24H2,1-7H3,(H,38,39,40)/t26-,32-,34+,35-/m1/s1. The lowest BCUT2D eigenvalue weighted by Crippen LogP contribution is -2.49. The van der Waals surface area contributed by atoms with Gasteiger partial charge in [-0.25, -0.2) is 9.97 Å². The second-order valence-electron chi connectivity index (χ2n) is 13.5. The minimum atomic E-state index is -2.26. The molecule has 1 aliphatic rings. The Bertz CT molecular complexity index is 1480. The molecule has 0 spiro atoms. The lowest BCUT2D eigenvalue weighted by molar-refractivity contribution is -0.0440. The molecule has 1 fully saturated rings. The molecular weight excluding hydrogens is 595 g/mol. The van der Waals surface area contributed by atoms with Crippen molar-refractivity contribution in [3.63, 3.8) is 0 Å². The number of methoxy groups -OCH3 is 2. The van der Waals surface area contributed by atoms with Gasteiger partial charge in [0.1, 0.15) is 29.2 Å². The van der Waals surface area contributed by atoms with Gasteiger partial charge in [-0.1, -0.05) is 75.4 Å². The third-order valence-corrected chi connectivity index (χ3v) is 14.1. The number of aromatic nitrogens is 2. The summed E-state index contributed by atoms with van der Waals surface area (Å²) in [4.78, 5) is 8.40. The van der Waals surface area contributed by atoms with Gasteiger partial charge in [-0.15, -0.1) is 0 Å². The number of hydrogen-bond donors (Lipinski definition) is 2. The Kier molecular flexibility index (Phi) is 10.2. The third kappa shape index (κ3) is 6.98. The van der Waals surface area contributed by atoms with Crippen LogP contribution in [0.2, 0.25) is 18.1 Å². The van der Waals surface area contributed by atoms with Gasteiger partial charge in [-0.2, -0.15) is 0 Å². The molecule has 0 bridgehead atoms. The van der Waals surface area contributed by atoms with Gasteiger partial charge in [0.2, 0.25) is 0 Å². The van der Waals surface area contributed by atoms with E-state index in [9.17, 15) is 5.11 Å². The topological polar surface area (TPSA) is 95.0 Å². The highest BCUT2D eigenvalue weighted by Crippen LogP contribution is 2.45. The minimum absolute atomic E-state index is 0.0315. The molecule has 0 saturated heterocycles. The molecule has 1 saturated carbocycles. The summed E-state index contributed by atoms with van der Waals surface area (Å²) < 4.78 is 25.3. The van der Waals surface area contributed by atoms with E-state index in [0.29, 0.717) is 18.8 Å². The van der Waals surface area contributed by atoms with Crippen molar-refractivity contribution in [3.8, 4) is 11.5 Å². The van der Waals surface area contributed by atoms with Crippen LogP contribution in [0.25, 0.3) is 0 Å². The van der Waals surface area contributed by atoms with Crippen LogP contribution < -0.4 is 14.8 Å². The zero-order chi connectivity index (χ0) is 33.0. The SMILES string of the molecule is COc1ccc(C(OC[C@H]2C[C@@H](Nc3ccncn3)[C@H](O)[C@@H]2O[Si](C)(C)C(C)(C)C)(c2ccccc2)c2ccc(OC)cc2)cc1. The van der Waals surface area contributed by atoms with E-state index in [1.54, 1.807) is 20.4 Å². The van der Waals surface area contributed by atoms with Gasteiger partial charge in [-0.3, -0.25) is 0 Å². The molecular formula is C37H47N3O5Si. The van der Waals surface area contributed by atoms with Crippen molar-refractivity contribution in [1.82, 2.24) is 9.97 Å². The van der Waals surface area contributed by atoms with Gasteiger partial charge in [-0.05, 0) is 71.6 Å². The average molecular weight is 642 g/mol. The van der Waals surface area contributed by atoms with E-state index in [1.807, 2.05) is 48.5 Å². The molecule has 2 N–H and O–H groups in total. The summed E-state index contributed by atoms with van der Waals surface area (Å²) in [7, 11) is 1.07. The first-order valence-corrected chi connectivity index (χ1v) is 18.8. The molecule has 5 rings (SSSR count). The quantitative estimate of drug-likeness (QED) is 0.126. The smallest absolute Gasteiger partial charge is 0.192 e. The van der Waals surface area contributed by atoms with Crippen LogP contribution in [-0.4, -0.2) is 62.5 Å². The van der Waals surface area contributed by atoms with Crippen LogP contribution in [0.5, 0.6) is 11.5 Å².